The first kappa shape index (κ1) is 20.7. The molecule has 2 aromatic carbocycles. The van der Waals surface area contributed by atoms with E-state index in [4.69, 9.17) is 14.2 Å². The third kappa shape index (κ3) is 5.29. The van der Waals surface area contributed by atoms with E-state index in [1.54, 1.807) is 54.7 Å². The van der Waals surface area contributed by atoms with Crippen LogP contribution in [0.15, 0.2) is 60.0 Å². The van der Waals surface area contributed by atoms with Crippen molar-refractivity contribution in [2.75, 3.05) is 20.8 Å². The number of carbonyl (C=O) groups excluding carboxylic acids is 1. The van der Waals surface area contributed by atoms with Gasteiger partial charge in [-0.2, -0.15) is 0 Å². The Balaban J connectivity index is 1.70. The number of ether oxygens (including phenoxy) is 3. The number of thiophene rings is 1. The van der Waals surface area contributed by atoms with Crippen LogP contribution in [0.4, 0.5) is 0 Å². The van der Waals surface area contributed by atoms with Crippen molar-refractivity contribution in [3.05, 3.63) is 76.0 Å². The van der Waals surface area contributed by atoms with E-state index in [9.17, 15) is 4.79 Å². The first-order valence-corrected chi connectivity index (χ1v) is 10.3. The molecule has 1 aromatic heterocycles. The minimum atomic E-state index is -0.0212. The van der Waals surface area contributed by atoms with Crippen molar-refractivity contribution in [2.45, 2.75) is 20.1 Å². The summed E-state index contributed by atoms with van der Waals surface area (Å²) >= 11 is 1.66. The summed E-state index contributed by atoms with van der Waals surface area (Å²) < 4.78 is 16.6. The molecule has 1 amide bonds. The lowest BCUT2D eigenvalue weighted by atomic mass is 10.1. The van der Waals surface area contributed by atoms with E-state index in [2.05, 4.69) is 0 Å². The van der Waals surface area contributed by atoms with Gasteiger partial charge < -0.3 is 19.1 Å². The van der Waals surface area contributed by atoms with Gasteiger partial charge in [0, 0.05) is 23.5 Å². The summed E-state index contributed by atoms with van der Waals surface area (Å²) in [5.41, 5.74) is 1.62. The van der Waals surface area contributed by atoms with Crippen LogP contribution in [-0.4, -0.2) is 31.6 Å². The fourth-order valence-electron chi connectivity index (χ4n) is 2.94. The maximum absolute atomic E-state index is 12.9. The molecule has 29 heavy (non-hydrogen) atoms. The predicted molar refractivity (Wildman–Crippen MR) is 115 cm³/mol. The van der Waals surface area contributed by atoms with E-state index >= 15 is 0 Å². The van der Waals surface area contributed by atoms with Gasteiger partial charge in [-0.25, -0.2) is 0 Å². The molecule has 5 nitrogen and oxygen atoms in total. The van der Waals surface area contributed by atoms with E-state index in [0.29, 0.717) is 36.8 Å². The van der Waals surface area contributed by atoms with Crippen molar-refractivity contribution in [3.63, 3.8) is 0 Å². The van der Waals surface area contributed by atoms with Crippen LogP contribution >= 0.6 is 11.3 Å². The molecule has 0 fully saturated rings. The van der Waals surface area contributed by atoms with Gasteiger partial charge in [0.25, 0.3) is 5.91 Å². The lowest BCUT2D eigenvalue weighted by Gasteiger charge is -2.22. The summed E-state index contributed by atoms with van der Waals surface area (Å²) in [4.78, 5) is 15.8. The Morgan fingerprint density at radius 1 is 1.00 bits per heavy atom. The molecular formula is C23H25NO4S. The second-order valence-electron chi connectivity index (χ2n) is 6.40. The second-order valence-corrected chi connectivity index (χ2v) is 7.43. The molecular weight excluding hydrogens is 386 g/mol. The molecule has 0 spiro atoms. The second kappa shape index (κ2) is 9.98. The van der Waals surface area contributed by atoms with Gasteiger partial charge in [-0.05, 0) is 60.3 Å². The molecule has 0 bridgehead atoms. The van der Waals surface area contributed by atoms with Crippen molar-refractivity contribution in [1.82, 2.24) is 4.90 Å². The molecule has 0 N–H and O–H groups in total. The topological polar surface area (TPSA) is 48.0 Å². The monoisotopic (exact) mass is 411 g/mol. The minimum absolute atomic E-state index is 0.0212. The molecule has 0 aliphatic carbocycles. The first-order valence-electron chi connectivity index (χ1n) is 9.40. The molecule has 0 aliphatic rings. The number of methoxy groups -OCH3 is 2. The van der Waals surface area contributed by atoms with E-state index in [-0.39, 0.29) is 5.91 Å². The van der Waals surface area contributed by atoms with Crippen molar-refractivity contribution < 1.29 is 19.0 Å². The van der Waals surface area contributed by atoms with E-state index < -0.39 is 0 Å². The average molecular weight is 412 g/mol. The van der Waals surface area contributed by atoms with E-state index in [0.717, 1.165) is 16.2 Å². The molecule has 0 saturated heterocycles. The normalized spacial score (nSPS) is 10.4. The molecule has 0 atom stereocenters. The maximum Gasteiger partial charge on any atom is 0.254 e. The third-order valence-corrected chi connectivity index (χ3v) is 5.41. The zero-order valence-corrected chi connectivity index (χ0v) is 17.7. The lowest BCUT2D eigenvalue weighted by molar-refractivity contribution is 0.0752. The molecule has 0 saturated carbocycles. The number of hydrogen-bond donors (Lipinski definition) is 0. The van der Waals surface area contributed by atoms with Crippen molar-refractivity contribution in [1.29, 1.82) is 0 Å². The largest absolute Gasteiger partial charge is 0.497 e. The Kier molecular flexibility index (Phi) is 7.14. The number of amides is 1. The van der Waals surface area contributed by atoms with Crippen LogP contribution in [0.25, 0.3) is 0 Å². The summed E-state index contributed by atoms with van der Waals surface area (Å²) in [6.07, 6.45) is 0. The van der Waals surface area contributed by atoms with Crippen LogP contribution in [0, 0.1) is 0 Å². The Morgan fingerprint density at radius 3 is 2.41 bits per heavy atom. The van der Waals surface area contributed by atoms with Crippen molar-refractivity contribution in [2.24, 2.45) is 0 Å². The van der Waals surface area contributed by atoms with Crippen molar-refractivity contribution >= 4 is 17.2 Å². The molecule has 0 radical (unpaired) electrons. The number of benzene rings is 2. The molecule has 0 aliphatic heterocycles. The van der Waals surface area contributed by atoms with Gasteiger partial charge in [0.2, 0.25) is 0 Å². The van der Waals surface area contributed by atoms with E-state index in [1.807, 2.05) is 42.6 Å². The maximum atomic E-state index is 12.9. The van der Waals surface area contributed by atoms with Gasteiger partial charge >= 0.3 is 0 Å². The van der Waals surface area contributed by atoms with Crippen LogP contribution in [0.1, 0.15) is 27.7 Å². The van der Waals surface area contributed by atoms with Gasteiger partial charge in [0.15, 0.2) is 11.5 Å². The Labute approximate surface area is 175 Å². The first-order chi connectivity index (χ1) is 14.1. The number of rotatable bonds is 9. The Bertz CT molecular complexity index is 923. The summed E-state index contributed by atoms with van der Waals surface area (Å²) in [6, 6.07) is 17.0. The molecule has 1 heterocycles. The zero-order chi connectivity index (χ0) is 20.6. The van der Waals surface area contributed by atoms with Gasteiger partial charge in [-0.15, -0.1) is 11.3 Å². The molecule has 3 aromatic rings. The summed E-state index contributed by atoms with van der Waals surface area (Å²) in [7, 11) is 3.23. The average Bonchev–Trinajstić information content (AvgIpc) is 3.29. The van der Waals surface area contributed by atoms with Crippen LogP contribution in [0.3, 0.4) is 0 Å². The zero-order valence-electron chi connectivity index (χ0n) is 16.9. The highest BCUT2D eigenvalue weighted by molar-refractivity contribution is 7.09. The quantitative estimate of drug-likeness (QED) is 0.497. The van der Waals surface area contributed by atoms with Gasteiger partial charge in [-0.3, -0.25) is 4.79 Å². The van der Waals surface area contributed by atoms with Crippen LogP contribution < -0.4 is 14.2 Å². The van der Waals surface area contributed by atoms with Gasteiger partial charge in [0.05, 0.1) is 14.2 Å². The van der Waals surface area contributed by atoms with Gasteiger partial charge in [-0.1, -0.05) is 12.1 Å². The summed E-state index contributed by atoms with van der Waals surface area (Å²) in [6.45, 7) is 3.56. The van der Waals surface area contributed by atoms with Crippen molar-refractivity contribution in [3.8, 4) is 17.2 Å². The smallest absolute Gasteiger partial charge is 0.254 e. The fourth-order valence-corrected chi connectivity index (χ4v) is 3.55. The van der Waals surface area contributed by atoms with Gasteiger partial charge in [0.1, 0.15) is 12.4 Å². The summed E-state index contributed by atoms with van der Waals surface area (Å²) in [5, 5.41) is 2.03. The standard InChI is InChI=1S/C23H25NO4S/c1-4-24(23(25)18-8-10-19(26-2)11-9-18)15-17-7-12-21(22(14-17)27-3)28-16-20-6-5-13-29-20/h5-14H,4,15-16H2,1-3H3. The number of hydrogen-bond acceptors (Lipinski definition) is 5. The summed E-state index contributed by atoms with van der Waals surface area (Å²) in [5.74, 6) is 2.06. The van der Waals surface area contributed by atoms with E-state index in [1.165, 1.54) is 0 Å². The predicted octanol–water partition coefficient (Wildman–Crippen LogP) is 5.01. The fraction of sp³-hybridized carbons (Fsp3) is 0.261. The third-order valence-electron chi connectivity index (χ3n) is 4.56. The lowest BCUT2D eigenvalue weighted by Crippen LogP contribution is -2.30. The Morgan fingerprint density at radius 2 is 1.79 bits per heavy atom. The van der Waals surface area contributed by atoms with Crippen LogP contribution in [-0.2, 0) is 13.2 Å². The molecule has 152 valence electrons. The Hall–Kier alpha value is -2.99. The molecule has 3 rings (SSSR count). The SMILES string of the molecule is CCN(Cc1ccc(OCc2cccs2)c(OC)c1)C(=O)c1ccc(OC)cc1. The number of nitrogens with zero attached hydrogens (tertiary/aromatic N) is 1. The number of carbonyl (C=O) groups is 1. The van der Waals surface area contributed by atoms with Crippen LogP contribution in [0.2, 0.25) is 0 Å². The molecule has 6 heteroatoms. The van der Waals surface area contributed by atoms with Crippen LogP contribution in [0.5, 0.6) is 17.2 Å². The highest BCUT2D eigenvalue weighted by atomic mass is 32.1. The highest BCUT2D eigenvalue weighted by Gasteiger charge is 2.16. The minimum Gasteiger partial charge on any atom is -0.497 e. The highest BCUT2D eigenvalue weighted by Crippen LogP contribution is 2.30. The molecule has 0 unspecified atom stereocenters.